The number of nitro groups is 1. The molecule has 3 N–H and O–H groups in total. The molecule has 1 aromatic carbocycles. The molecular formula is C12H9FN4O4. The minimum absolute atomic E-state index is 0.0517. The number of hydrogen-bond acceptors (Lipinski definition) is 6. The molecule has 1 heterocycles. The van der Waals surface area contributed by atoms with Gasteiger partial charge in [-0.25, -0.2) is 9.37 Å². The van der Waals surface area contributed by atoms with Crippen molar-refractivity contribution in [1.29, 1.82) is 0 Å². The molecule has 0 atom stereocenters. The highest BCUT2D eigenvalue weighted by Gasteiger charge is 2.20. The molecule has 0 aliphatic heterocycles. The van der Waals surface area contributed by atoms with E-state index >= 15 is 0 Å². The lowest BCUT2D eigenvalue weighted by atomic mass is 10.2. The van der Waals surface area contributed by atoms with E-state index in [1.54, 1.807) is 0 Å². The van der Waals surface area contributed by atoms with Crippen LogP contribution in [0.5, 0.6) is 11.6 Å². The molecule has 9 heteroatoms. The van der Waals surface area contributed by atoms with Crippen LogP contribution in [-0.4, -0.2) is 21.0 Å². The second-order valence-corrected chi connectivity index (χ2v) is 3.85. The zero-order valence-corrected chi connectivity index (χ0v) is 10.4. The van der Waals surface area contributed by atoms with Gasteiger partial charge in [-0.3, -0.25) is 10.1 Å². The van der Waals surface area contributed by atoms with Gasteiger partial charge < -0.3 is 15.7 Å². The van der Waals surface area contributed by atoms with Crippen molar-refractivity contribution in [3.63, 3.8) is 0 Å². The van der Waals surface area contributed by atoms with Gasteiger partial charge in [0.1, 0.15) is 11.6 Å². The average Bonchev–Trinajstić information content (AvgIpc) is 2.46. The van der Waals surface area contributed by atoms with Gasteiger partial charge >= 0.3 is 5.69 Å². The Hall–Kier alpha value is -3.23. The SMILES string of the molecule is N/C(=N/O)c1cnc(Oc2cccc(F)c2)c([N+](=O)[O-])c1. The number of aromatic nitrogens is 1. The van der Waals surface area contributed by atoms with E-state index in [0.29, 0.717) is 0 Å². The Morgan fingerprint density at radius 1 is 1.48 bits per heavy atom. The smallest absolute Gasteiger partial charge is 0.332 e. The van der Waals surface area contributed by atoms with Crippen LogP contribution in [0.25, 0.3) is 0 Å². The molecule has 21 heavy (non-hydrogen) atoms. The number of nitrogens with zero attached hydrogens (tertiary/aromatic N) is 3. The Morgan fingerprint density at radius 2 is 2.24 bits per heavy atom. The van der Waals surface area contributed by atoms with Gasteiger partial charge in [-0.15, -0.1) is 0 Å². The van der Waals surface area contributed by atoms with Crippen molar-refractivity contribution in [3.8, 4) is 11.6 Å². The van der Waals surface area contributed by atoms with Gasteiger partial charge in [-0.05, 0) is 12.1 Å². The van der Waals surface area contributed by atoms with Crippen molar-refractivity contribution in [2.45, 2.75) is 0 Å². The zero-order valence-electron chi connectivity index (χ0n) is 10.4. The highest BCUT2D eigenvalue weighted by molar-refractivity contribution is 5.97. The normalized spacial score (nSPS) is 11.2. The third-order valence-corrected chi connectivity index (χ3v) is 2.44. The topological polar surface area (TPSA) is 124 Å². The minimum atomic E-state index is -0.740. The summed E-state index contributed by atoms with van der Waals surface area (Å²) in [4.78, 5) is 14.0. The molecule has 0 bridgehead atoms. The second-order valence-electron chi connectivity index (χ2n) is 3.85. The van der Waals surface area contributed by atoms with Gasteiger partial charge in [0.05, 0.1) is 4.92 Å². The fraction of sp³-hybridized carbons (Fsp3) is 0. The summed E-state index contributed by atoms with van der Waals surface area (Å²) in [5, 5.41) is 22.3. The highest BCUT2D eigenvalue weighted by atomic mass is 19.1. The summed E-state index contributed by atoms with van der Waals surface area (Å²) in [5.41, 5.74) is 4.89. The van der Waals surface area contributed by atoms with Crippen molar-refractivity contribution in [3.05, 3.63) is 58.0 Å². The predicted molar refractivity (Wildman–Crippen MR) is 69.9 cm³/mol. The maximum atomic E-state index is 13.1. The van der Waals surface area contributed by atoms with E-state index in [2.05, 4.69) is 10.1 Å². The van der Waals surface area contributed by atoms with E-state index in [-0.39, 0.29) is 23.0 Å². The maximum Gasteiger partial charge on any atom is 0.332 e. The lowest BCUT2D eigenvalue weighted by molar-refractivity contribution is -0.386. The monoisotopic (exact) mass is 292 g/mol. The molecule has 0 aliphatic carbocycles. The number of rotatable bonds is 4. The van der Waals surface area contributed by atoms with Crippen LogP contribution < -0.4 is 10.5 Å². The molecule has 2 rings (SSSR count). The first kappa shape index (κ1) is 14.2. The van der Waals surface area contributed by atoms with E-state index in [0.717, 1.165) is 18.3 Å². The van der Waals surface area contributed by atoms with Crippen LogP contribution in [-0.2, 0) is 0 Å². The van der Waals surface area contributed by atoms with Gasteiger partial charge in [-0.2, -0.15) is 0 Å². The third kappa shape index (κ3) is 3.21. The summed E-state index contributed by atoms with van der Waals surface area (Å²) < 4.78 is 18.2. The first-order chi connectivity index (χ1) is 10.0. The van der Waals surface area contributed by atoms with Gasteiger partial charge in [0, 0.05) is 23.9 Å². The lowest BCUT2D eigenvalue weighted by Gasteiger charge is -2.06. The standard InChI is InChI=1S/C12H9FN4O4/c13-8-2-1-3-9(5-8)21-12-10(17(19)20)4-7(6-15-12)11(14)16-18/h1-6,18H,(H2,14,16). The van der Waals surface area contributed by atoms with Crippen LogP contribution in [0.2, 0.25) is 0 Å². The number of pyridine rings is 1. The molecule has 0 radical (unpaired) electrons. The number of halogens is 1. The Kier molecular flexibility index (Phi) is 3.93. The van der Waals surface area contributed by atoms with Gasteiger partial charge in [0.25, 0.3) is 5.88 Å². The van der Waals surface area contributed by atoms with Crippen LogP contribution in [0.15, 0.2) is 41.7 Å². The van der Waals surface area contributed by atoms with Crippen molar-refractivity contribution in [2.24, 2.45) is 10.9 Å². The Bertz CT molecular complexity index is 720. The van der Waals surface area contributed by atoms with Crippen LogP contribution >= 0.6 is 0 Å². The number of benzene rings is 1. The summed E-state index contributed by atoms with van der Waals surface area (Å²) in [5.74, 6) is -1.16. The molecule has 2 aromatic rings. The molecular weight excluding hydrogens is 283 g/mol. The van der Waals surface area contributed by atoms with Crippen molar-refractivity contribution in [2.75, 3.05) is 0 Å². The lowest BCUT2D eigenvalue weighted by Crippen LogP contribution is -2.14. The number of nitrogens with two attached hydrogens (primary N) is 1. The van der Waals surface area contributed by atoms with Crippen molar-refractivity contribution < 1.29 is 19.3 Å². The van der Waals surface area contributed by atoms with Gasteiger partial charge in [-0.1, -0.05) is 11.2 Å². The Morgan fingerprint density at radius 3 is 2.86 bits per heavy atom. The third-order valence-electron chi connectivity index (χ3n) is 2.44. The van der Waals surface area contributed by atoms with E-state index in [4.69, 9.17) is 15.7 Å². The number of ether oxygens (including phenoxy) is 1. The van der Waals surface area contributed by atoms with E-state index in [9.17, 15) is 14.5 Å². The molecule has 0 saturated carbocycles. The van der Waals surface area contributed by atoms with Crippen molar-refractivity contribution in [1.82, 2.24) is 4.98 Å². The fourth-order valence-corrected chi connectivity index (χ4v) is 1.49. The van der Waals surface area contributed by atoms with Gasteiger partial charge in [0.15, 0.2) is 5.84 Å². The maximum absolute atomic E-state index is 13.1. The average molecular weight is 292 g/mol. The molecule has 0 aliphatic rings. The summed E-state index contributed by atoms with van der Waals surface area (Å²) in [7, 11) is 0. The van der Waals surface area contributed by atoms with E-state index < -0.39 is 16.4 Å². The highest BCUT2D eigenvalue weighted by Crippen LogP contribution is 2.29. The molecule has 1 aromatic heterocycles. The summed E-state index contributed by atoms with van der Waals surface area (Å²) in [6, 6.07) is 6.11. The molecule has 0 unspecified atom stereocenters. The van der Waals surface area contributed by atoms with Crippen LogP contribution in [0.4, 0.5) is 10.1 Å². The van der Waals surface area contributed by atoms with E-state index in [1.165, 1.54) is 18.2 Å². The molecule has 0 fully saturated rings. The first-order valence-corrected chi connectivity index (χ1v) is 5.57. The number of hydrogen-bond donors (Lipinski definition) is 2. The molecule has 0 saturated heterocycles. The summed E-state index contributed by atoms with van der Waals surface area (Å²) >= 11 is 0. The molecule has 0 spiro atoms. The fourth-order valence-electron chi connectivity index (χ4n) is 1.49. The number of amidine groups is 1. The van der Waals surface area contributed by atoms with Crippen LogP contribution in [0.3, 0.4) is 0 Å². The first-order valence-electron chi connectivity index (χ1n) is 5.57. The quantitative estimate of drug-likeness (QED) is 0.292. The largest absolute Gasteiger partial charge is 0.434 e. The molecule has 8 nitrogen and oxygen atoms in total. The zero-order chi connectivity index (χ0) is 15.4. The Labute approximate surface area is 117 Å². The van der Waals surface area contributed by atoms with Crippen LogP contribution in [0.1, 0.15) is 5.56 Å². The van der Waals surface area contributed by atoms with Crippen molar-refractivity contribution >= 4 is 11.5 Å². The Balaban J connectivity index is 2.41. The van der Waals surface area contributed by atoms with Gasteiger partial charge in [0.2, 0.25) is 0 Å². The number of oxime groups is 1. The van der Waals surface area contributed by atoms with E-state index in [1.807, 2.05) is 0 Å². The van der Waals surface area contributed by atoms with Crippen LogP contribution in [0, 0.1) is 15.9 Å². The molecule has 0 amide bonds. The summed E-state index contributed by atoms with van der Waals surface area (Å²) in [6.45, 7) is 0. The minimum Gasteiger partial charge on any atom is -0.434 e. The molecule has 108 valence electrons. The predicted octanol–water partition coefficient (Wildman–Crippen LogP) is 2.02. The summed E-state index contributed by atoms with van der Waals surface area (Å²) in [6.07, 6.45) is 1.14. The second kappa shape index (κ2) is 5.82.